The highest BCUT2D eigenvalue weighted by atomic mass is 32.2. The highest BCUT2D eigenvalue weighted by molar-refractivity contribution is 7.89. The van der Waals surface area contributed by atoms with Gasteiger partial charge in [0.2, 0.25) is 10.0 Å². The number of hydrogen-bond acceptors (Lipinski definition) is 4. The van der Waals surface area contributed by atoms with Crippen LogP contribution in [0.5, 0.6) is 0 Å². The Morgan fingerprint density at radius 3 is 2.71 bits per heavy atom. The van der Waals surface area contributed by atoms with Crippen molar-refractivity contribution in [2.24, 2.45) is 0 Å². The van der Waals surface area contributed by atoms with Crippen LogP contribution in [0.4, 0.5) is 4.79 Å². The predicted molar refractivity (Wildman–Crippen MR) is 90.7 cm³/mol. The van der Waals surface area contributed by atoms with E-state index in [1.165, 1.54) is 19.2 Å². The van der Waals surface area contributed by atoms with E-state index in [2.05, 4.69) is 20.3 Å². The minimum absolute atomic E-state index is 0.161. The molecule has 24 heavy (non-hydrogen) atoms. The quantitative estimate of drug-likeness (QED) is 0.737. The van der Waals surface area contributed by atoms with Gasteiger partial charge < -0.3 is 10.6 Å². The van der Waals surface area contributed by atoms with Gasteiger partial charge in [-0.3, -0.25) is 4.98 Å². The van der Waals surface area contributed by atoms with Crippen molar-refractivity contribution in [3.8, 4) is 0 Å². The summed E-state index contributed by atoms with van der Waals surface area (Å²) in [5.74, 6) is 0. The molecule has 2 aromatic rings. The summed E-state index contributed by atoms with van der Waals surface area (Å²) < 4.78 is 25.8. The van der Waals surface area contributed by atoms with E-state index in [1.807, 2.05) is 13.0 Å². The fourth-order valence-electron chi connectivity index (χ4n) is 2.09. The number of nitrogens with zero attached hydrogens (tertiary/aromatic N) is 1. The van der Waals surface area contributed by atoms with E-state index < -0.39 is 10.0 Å². The zero-order valence-electron chi connectivity index (χ0n) is 13.5. The molecule has 0 unspecified atom stereocenters. The second-order valence-corrected chi connectivity index (χ2v) is 7.08. The molecule has 2 amide bonds. The van der Waals surface area contributed by atoms with Crippen molar-refractivity contribution in [1.82, 2.24) is 20.3 Å². The van der Waals surface area contributed by atoms with Crippen LogP contribution in [0.15, 0.2) is 53.7 Å². The zero-order chi connectivity index (χ0) is 17.6. The Morgan fingerprint density at radius 1 is 1.25 bits per heavy atom. The van der Waals surface area contributed by atoms with Crippen LogP contribution < -0.4 is 15.4 Å². The van der Waals surface area contributed by atoms with Crippen molar-refractivity contribution < 1.29 is 13.2 Å². The number of pyridine rings is 1. The summed E-state index contributed by atoms with van der Waals surface area (Å²) in [6.45, 7) is 2.08. The Kier molecular flexibility index (Phi) is 5.88. The van der Waals surface area contributed by atoms with Gasteiger partial charge in [0.05, 0.1) is 10.9 Å². The van der Waals surface area contributed by atoms with Crippen molar-refractivity contribution in [2.75, 3.05) is 7.05 Å². The van der Waals surface area contributed by atoms with Crippen molar-refractivity contribution >= 4 is 16.1 Å². The molecule has 0 radical (unpaired) electrons. The molecule has 3 N–H and O–H groups in total. The second kappa shape index (κ2) is 7.89. The van der Waals surface area contributed by atoms with E-state index in [0.717, 1.165) is 5.56 Å². The summed E-state index contributed by atoms with van der Waals surface area (Å²) in [7, 11) is -2.14. The number of urea groups is 1. The standard InChI is InChI=1S/C16H20N4O3S/c1-12(14-6-4-8-18-11-14)20-16(21)19-10-13-5-3-7-15(9-13)24(22,23)17-2/h3-9,11-12,17H,10H2,1-2H3,(H2,19,20,21)/t12-/m1/s1. The number of hydrogen-bond donors (Lipinski definition) is 3. The molecule has 1 heterocycles. The summed E-state index contributed by atoms with van der Waals surface area (Å²) in [5, 5.41) is 5.51. The first-order valence-electron chi connectivity index (χ1n) is 7.39. The summed E-state index contributed by atoms with van der Waals surface area (Å²) in [6, 6.07) is 9.57. The van der Waals surface area contributed by atoms with Gasteiger partial charge in [-0.2, -0.15) is 0 Å². The van der Waals surface area contributed by atoms with Gasteiger partial charge in [0.15, 0.2) is 0 Å². The molecule has 0 saturated heterocycles. The normalized spacial score (nSPS) is 12.4. The summed E-state index contributed by atoms with van der Waals surface area (Å²) in [6.07, 6.45) is 3.36. The monoisotopic (exact) mass is 348 g/mol. The molecule has 0 saturated carbocycles. The van der Waals surface area contributed by atoms with Crippen molar-refractivity contribution in [3.63, 3.8) is 0 Å². The van der Waals surface area contributed by atoms with Gasteiger partial charge in [0, 0.05) is 18.9 Å². The third-order valence-electron chi connectivity index (χ3n) is 3.46. The number of aromatic nitrogens is 1. The lowest BCUT2D eigenvalue weighted by Gasteiger charge is -2.15. The van der Waals surface area contributed by atoms with Crippen LogP contribution in [0, 0.1) is 0 Å². The average Bonchev–Trinajstić information content (AvgIpc) is 2.61. The number of carbonyl (C=O) groups is 1. The van der Waals surface area contributed by atoms with Gasteiger partial charge >= 0.3 is 6.03 Å². The molecular formula is C16H20N4O3S. The fraction of sp³-hybridized carbons (Fsp3) is 0.250. The van der Waals surface area contributed by atoms with Crippen LogP contribution in [-0.2, 0) is 16.6 Å². The third kappa shape index (κ3) is 4.77. The third-order valence-corrected chi connectivity index (χ3v) is 4.87. The first kappa shape index (κ1) is 17.9. The number of carbonyl (C=O) groups excluding carboxylic acids is 1. The van der Waals surface area contributed by atoms with Crippen LogP contribution in [-0.4, -0.2) is 26.5 Å². The Morgan fingerprint density at radius 2 is 2.04 bits per heavy atom. The largest absolute Gasteiger partial charge is 0.334 e. The molecule has 0 bridgehead atoms. The lowest BCUT2D eigenvalue weighted by Crippen LogP contribution is -2.36. The van der Waals surface area contributed by atoms with Gasteiger partial charge in [-0.15, -0.1) is 0 Å². The molecule has 1 aromatic carbocycles. The molecule has 0 aliphatic rings. The van der Waals surface area contributed by atoms with Crippen molar-refractivity contribution in [2.45, 2.75) is 24.4 Å². The molecule has 0 spiro atoms. The molecule has 2 rings (SSSR count). The van der Waals surface area contributed by atoms with Crippen LogP contribution in [0.25, 0.3) is 0 Å². The fourth-order valence-corrected chi connectivity index (χ4v) is 2.89. The molecule has 0 fully saturated rings. The SMILES string of the molecule is CNS(=O)(=O)c1cccc(CNC(=O)N[C@H](C)c2cccnc2)c1. The number of sulfonamides is 1. The van der Waals surface area contributed by atoms with Gasteiger partial charge in [-0.25, -0.2) is 17.9 Å². The Bertz CT molecular complexity index is 794. The van der Waals surface area contributed by atoms with Gasteiger partial charge in [-0.1, -0.05) is 18.2 Å². The molecule has 8 heteroatoms. The summed E-state index contributed by atoms with van der Waals surface area (Å²) in [5.41, 5.74) is 1.59. The maximum atomic E-state index is 12.0. The van der Waals surface area contributed by atoms with Gasteiger partial charge in [0.25, 0.3) is 0 Å². The first-order valence-corrected chi connectivity index (χ1v) is 8.87. The zero-order valence-corrected chi connectivity index (χ0v) is 14.3. The minimum atomic E-state index is -3.50. The molecule has 1 aromatic heterocycles. The van der Waals surface area contributed by atoms with Crippen LogP contribution in [0.1, 0.15) is 24.1 Å². The van der Waals surface area contributed by atoms with E-state index in [0.29, 0.717) is 5.56 Å². The van der Waals surface area contributed by atoms with E-state index in [1.54, 1.807) is 30.6 Å². The molecule has 0 aliphatic heterocycles. The lowest BCUT2D eigenvalue weighted by atomic mass is 10.1. The minimum Gasteiger partial charge on any atom is -0.334 e. The van der Waals surface area contributed by atoms with Crippen LogP contribution in [0.3, 0.4) is 0 Å². The maximum Gasteiger partial charge on any atom is 0.315 e. The predicted octanol–water partition coefficient (Wildman–Crippen LogP) is 1.55. The van der Waals surface area contributed by atoms with Gasteiger partial charge in [-0.05, 0) is 43.3 Å². The summed E-state index contributed by atoms with van der Waals surface area (Å²) in [4.78, 5) is 16.1. The molecule has 0 aliphatic carbocycles. The van der Waals surface area contributed by atoms with Crippen LogP contribution in [0.2, 0.25) is 0 Å². The average molecular weight is 348 g/mol. The van der Waals surface area contributed by atoms with Crippen LogP contribution >= 0.6 is 0 Å². The number of amides is 2. The van der Waals surface area contributed by atoms with E-state index in [4.69, 9.17) is 0 Å². The summed E-state index contributed by atoms with van der Waals surface area (Å²) >= 11 is 0. The lowest BCUT2D eigenvalue weighted by molar-refractivity contribution is 0.237. The van der Waals surface area contributed by atoms with Crippen molar-refractivity contribution in [1.29, 1.82) is 0 Å². The molecule has 128 valence electrons. The number of rotatable bonds is 6. The molecule has 7 nitrogen and oxygen atoms in total. The van der Waals surface area contributed by atoms with E-state index in [-0.39, 0.29) is 23.5 Å². The maximum absolute atomic E-state index is 12.0. The van der Waals surface area contributed by atoms with E-state index in [9.17, 15) is 13.2 Å². The Balaban J connectivity index is 1.94. The number of benzene rings is 1. The smallest absolute Gasteiger partial charge is 0.315 e. The van der Waals surface area contributed by atoms with E-state index >= 15 is 0 Å². The highest BCUT2D eigenvalue weighted by Gasteiger charge is 2.12. The first-order chi connectivity index (χ1) is 11.4. The Hall–Kier alpha value is -2.45. The Labute approximate surface area is 141 Å². The van der Waals surface area contributed by atoms with Gasteiger partial charge in [0.1, 0.15) is 0 Å². The van der Waals surface area contributed by atoms with Crippen molar-refractivity contribution in [3.05, 3.63) is 59.9 Å². The molecule has 1 atom stereocenters. The molecular weight excluding hydrogens is 328 g/mol. The topological polar surface area (TPSA) is 100 Å². The second-order valence-electron chi connectivity index (χ2n) is 5.19. The number of nitrogens with one attached hydrogen (secondary N) is 3. The highest BCUT2D eigenvalue weighted by Crippen LogP contribution is 2.12.